The maximum Gasteiger partial charge on any atom is 0.120 e. The lowest BCUT2D eigenvalue weighted by atomic mass is 10.1. The lowest BCUT2D eigenvalue weighted by Gasteiger charge is -2.08. The van der Waals surface area contributed by atoms with Crippen LogP contribution in [0.3, 0.4) is 0 Å². The Morgan fingerprint density at radius 2 is 2.15 bits per heavy atom. The molecule has 0 aliphatic rings. The SMILES string of the molecule is CC(=NO)[C@H](O)c1cccc(O)c1. The summed E-state index contributed by atoms with van der Waals surface area (Å²) < 4.78 is 0. The van der Waals surface area contributed by atoms with Gasteiger partial charge in [-0.05, 0) is 24.6 Å². The Kier molecular flexibility index (Phi) is 2.87. The van der Waals surface area contributed by atoms with Gasteiger partial charge in [-0.15, -0.1) is 0 Å². The number of aliphatic hydroxyl groups excluding tert-OH is 1. The van der Waals surface area contributed by atoms with E-state index in [0.29, 0.717) is 5.56 Å². The average Bonchev–Trinajstić information content (AvgIpc) is 2.15. The number of nitrogens with zero attached hydrogens (tertiary/aromatic N) is 1. The molecular weight excluding hydrogens is 170 g/mol. The van der Waals surface area contributed by atoms with Crippen LogP contribution in [-0.2, 0) is 0 Å². The molecule has 0 aromatic heterocycles. The Hall–Kier alpha value is -1.55. The molecule has 1 rings (SSSR count). The molecule has 0 bridgehead atoms. The molecule has 0 amide bonds. The Morgan fingerprint density at radius 3 is 2.69 bits per heavy atom. The van der Waals surface area contributed by atoms with Gasteiger partial charge in [-0.2, -0.15) is 0 Å². The highest BCUT2D eigenvalue weighted by Crippen LogP contribution is 2.18. The van der Waals surface area contributed by atoms with Gasteiger partial charge >= 0.3 is 0 Å². The van der Waals surface area contributed by atoms with Crippen molar-refractivity contribution < 1.29 is 15.4 Å². The van der Waals surface area contributed by atoms with Crippen LogP contribution in [0.5, 0.6) is 5.75 Å². The van der Waals surface area contributed by atoms with Gasteiger partial charge in [-0.25, -0.2) is 0 Å². The zero-order chi connectivity index (χ0) is 9.84. The van der Waals surface area contributed by atoms with Gasteiger partial charge in [0.1, 0.15) is 11.9 Å². The first-order chi connectivity index (χ1) is 6.15. The Balaban J connectivity index is 2.95. The minimum absolute atomic E-state index is 0.0716. The third-order valence-electron chi connectivity index (χ3n) is 1.74. The Morgan fingerprint density at radius 1 is 1.46 bits per heavy atom. The molecule has 0 fully saturated rings. The second-order valence-corrected chi connectivity index (χ2v) is 2.74. The van der Waals surface area contributed by atoms with Crippen LogP contribution in [0.2, 0.25) is 0 Å². The van der Waals surface area contributed by atoms with Crippen LogP contribution in [-0.4, -0.2) is 21.1 Å². The first kappa shape index (κ1) is 9.54. The average molecular weight is 181 g/mol. The van der Waals surface area contributed by atoms with Gasteiger partial charge in [0, 0.05) is 0 Å². The normalized spacial score (nSPS) is 14.2. The molecule has 3 N–H and O–H groups in total. The zero-order valence-electron chi connectivity index (χ0n) is 7.18. The first-order valence-electron chi connectivity index (χ1n) is 3.80. The largest absolute Gasteiger partial charge is 0.508 e. The van der Waals surface area contributed by atoms with Crippen molar-refractivity contribution in [2.45, 2.75) is 13.0 Å². The summed E-state index contributed by atoms with van der Waals surface area (Å²) in [5.74, 6) is 0.0716. The van der Waals surface area contributed by atoms with E-state index in [0.717, 1.165) is 0 Å². The van der Waals surface area contributed by atoms with Gasteiger partial charge in [0.2, 0.25) is 0 Å². The standard InChI is InChI=1S/C9H11NO3/c1-6(10-13)9(12)7-3-2-4-8(11)5-7/h2-5,9,11-13H,1H3/t9-/m0/s1. The van der Waals surface area contributed by atoms with E-state index in [-0.39, 0.29) is 11.5 Å². The molecule has 70 valence electrons. The molecule has 0 saturated carbocycles. The number of aromatic hydroxyl groups is 1. The summed E-state index contributed by atoms with van der Waals surface area (Å²) in [6.45, 7) is 1.49. The van der Waals surface area contributed by atoms with E-state index in [1.807, 2.05) is 0 Å². The fourth-order valence-corrected chi connectivity index (χ4v) is 0.991. The quantitative estimate of drug-likeness (QED) is 0.365. The van der Waals surface area contributed by atoms with E-state index in [2.05, 4.69) is 5.16 Å². The van der Waals surface area contributed by atoms with Crippen molar-refractivity contribution in [1.82, 2.24) is 0 Å². The van der Waals surface area contributed by atoms with E-state index in [4.69, 9.17) is 10.3 Å². The topological polar surface area (TPSA) is 73.1 Å². The van der Waals surface area contributed by atoms with Crippen LogP contribution in [0.4, 0.5) is 0 Å². The number of rotatable bonds is 2. The predicted molar refractivity (Wildman–Crippen MR) is 48.0 cm³/mol. The van der Waals surface area contributed by atoms with Crippen molar-refractivity contribution in [2.75, 3.05) is 0 Å². The Bertz CT molecular complexity index is 322. The number of phenols is 1. The van der Waals surface area contributed by atoms with Gasteiger partial charge in [-0.3, -0.25) is 0 Å². The summed E-state index contributed by atoms with van der Waals surface area (Å²) in [6, 6.07) is 6.17. The fourth-order valence-electron chi connectivity index (χ4n) is 0.991. The lowest BCUT2D eigenvalue weighted by Crippen LogP contribution is -2.07. The van der Waals surface area contributed by atoms with Crippen LogP contribution in [0.15, 0.2) is 29.4 Å². The molecule has 0 spiro atoms. The Labute approximate surface area is 75.8 Å². The van der Waals surface area contributed by atoms with E-state index in [9.17, 15) is 5.11 Å². The smallest absolute Gasteiger partial charge is 0.120 e. The van der Waals surface area contributed by atoms with Crippen molar-refractivity contribution >= 4 is 5.71 Å². The molecule has 4 heteroatoms. The molecule has 0 unspecified atom stereocenters. The van der Waals surface area contributed by atoms with Crippen LogP contribution >= 0.6 is 0 Å². The van der Waals surface area contributed by atoms with Crippen LogP contribution < -0.4 is 0 Å². The summed E-state index contributed by atoms with van der Waals surface area (Å²) in [4.78, 5) is 0. The van der Waals surface area contributed by atoms with Crippen molar-refractivity contribution in [2.24, 2.45) is 5.16 Å². The highest BCUT2D eigenvalue weighted by Gasteiger charge is 2.11. The number of phenolic OH excluding ortho intramolecular Hbond substituents is 1. The van der Waals surface area contributed by atoms with Crippen LogP contribution in [0, 0.1) is 0 Å². The maximum absolute atomic E-state index is 9.51. The monoisotopic (exact) mass is 181 g/mol. The van der Waals surface area contributed by atoms with Gasteiger partial charge in [0.15, 0.2) is 0 Å². The molecule has 1 aromatic carbocycles. The van der Waals surface area contributed by atoms with Gasteiger partial charge < -0.3 is 15.4 Å². The number of oxime groups is 1. The second-order valence-electron chi connectivity index (χ2n) is 2.74. The highest BCUT2D eigenvalue weighted by molar-refractivity contribution is 5.86. The molecule has 0 aliphatic carbocycles. The summed E-state index contributed by atoms with van der Waals surface area (Å²) in [7, 11) is 0. The summed E-state index contributed by atoms with van der Waals surface area (Å²) >= 11 is 0. The van der Waals surface area contributed by atoms with Gasteiger partial charge in [0.25, 0.3) is 0 Å². The van der Waals surface area contributed by atoms with E-state index in [1.54, 1.807) is 12.1 Å². The summed E-state index contributed by atoms with van der Waals surface area (Å²) in [6.07, 6.45) is -0.975. The van der Waals surface area contributed by atoms with E-state index in [1.165, 1.54) is 19.1 Å². The molecule has 13 heavy (non-hydrogen) atoms. The third-order valence-corrected chi connectivity index (χ3v) is 1.74. The number of hydrogen-bond acceptors (Lipinski definition) is 4. The van der Waals surface area contributed by atoms with Crippen LogP contribution in [0.25, 0.3) is 0 Å². The lowest BCUT2D eigenvalue weighted by molar-refractivity contribution is 0.233. The molecule has 1 atom stereocenters. The van der Waals surface area contributed by atoms with Gasteiger partial charge in [-0.1, -0.05) is 17.3 Å². The van der Waals surface area contributed by atoms with Crippen molar-refractivity contribution in [1.29, 1.82) is 0 Å². The van der Waals surface area contributed by atoms with Crippen molar-refractivity contribution in [3.63, 3.8) is 0 Å². The minimum Gasteiger partial charge on any atom is -0.508 e. The summed E-state index contributed by atoms with van der Waals surface area (Å²) in [5.41, 5.74) is 0.681. The van der Waals surface area contributed by atoms with Crippen molar-refractivity contribution in [3.05, 3.63) is 29.8 Å². The van der Waals surface area contributed by atoms with Crippen LogP contribution in [0.1, 0.15) is 18.6 Å². The van der Waals surface area contributed by atoms with Crippen molar-refractivity contribution in [3.8, 4) is 5.75 Å². The molecule has 1 aromatic rings. The molecule has 0 aliphatic heterocycles. The molecule has 4 nitrogen and oxygen atoms in total. The highest BCUT2D eigenvalue weighted by atomic mass is 16.4. The van der Waals surface area contributed by atoms with Gasteiger partial charge in [0.05, 0.1) is 5.71 Å². The zero-order valence-corrected chi connectivity index (χ0v) is 7.18. The van der Waals surface area contributed by atoms with E-state index < -0.39 is 6.10 Å². The third kappa shape index (κ3) is 2.19. The number of benzene rings is 1. The summed E-state index contributed by atoms with van der Waals surface area (Å²) in [5, 5.41) is 29.9. The molecule has 0 radical (unpaired) electrons. The maximum atomic E-state index is 9.51. The molecular formula is C9H11NO3. The second kappa shape index (κ2) is 3.91. The number of aliphatic hydroxyl groups is 1. The number of hydrogen-bond donors (Lipinski definition) is 3. The fraction of sp³-hybridized carbons (Fsp3) is 0.222. The van der Waals surface area contributed by atoms with E-state index >= 15 is 0 Å². The molecule has 0 saturated heterocycles. The molecule has 0 heterocycles. The predicted octanol–water partition coefficient (Wildman–Crippen LogP) is 1.28. The minimum atomic E-state index is -0.975. The first-order valence-corrected chi connectivity index (χ1v) is 3.80.